The van der Waals surface area contributed by atoms with Crippen LogP contribution in [-0.2, 0) is 22.6 Å². The molecule has 8 heteroatoms. The van der Waals surface area contributed by atoms with E-state index in [1.165, 1.54) is 19.1 Å². The van der Waals surface area contributed by atoms with Gasteiger partial charge < -0.3 is 18.8 Å². The molecule has 2 aromatic rings. The highest BCUT2D eigenvalue weighted by Crippen LogP contribution is 2.36. The smallest absolute Gasteiger partial charge is 0.257 e. The summed E-state index contributed by atoms with van der Waals surface area (Å²) in [6, 6.07) is 4.41. The van der Waals surface area contributed by atoms with Crippen molar-refractivity contribution in [3.63, 3.8) is 0 Å². The fourth-order valence-electron chi connectivity index (χ4n) is 2.80. The SMILES string of the molecule is CC(=O)N1CC(OCc2nnc(C3Cc4cc(F)ccc4O3)o2)C1. The summed E-state index contributed by atoms with van der Waals surface area (Å²) < 4.78 is 30.1. The van der Waals surface area contributed by atoms with Crippen LogP contribution in [0.3, 0.4) is 0 Å². The molecule has 126 valence electrons. The van der Waals surface area contributed by atoms with Crippen LogP contribution in [0.15, 0.2) is 22.6 Å². The highest BCUT2D eigenvalue weighted by molar-refractivity contribution is 5.74. The van der Waals surface area contributed by atoms with Gasteiger partial charge in [0.05, 0.1) is 6.10 Å². The number of benzene rings is 1. The Kier molecular flexibility index (Phi) is 3.68. The van der Waals surface area contributed by atoms with E-state index in [1.807, 2.05) is 0 Å². The quantitative estimate of drug-likeness (QED) is 0.846. The molecule has 0 aliphatic carbocycles. The zero-order chi connectivity index (χ0) is 16.7. The van der Waals surface area contributed by atoms with Crippen molar-refractivity contribution in [1.82, 2.24) is 15.1 Å². The van der Waals surface area contributed by atoms with Crippen molar-refractivity contribution in [2.45, 2.75) is 32.2 Å². The van der Waals surface area contributed by atoms with Gasteiger partial charge in [-0.25, -0.2) is 4.39 Å². The van der Waals surface area contributed by atoms with E-state index in [1.54, 1.807) is 11.0 Å². The number of aromatic nitrogens is 2. The third-order valence-corrected chi connectivity index (χ3v) is 4.19. The molecule has 1 aromatic heterocycles. The van der Waals surface area contributed by atoms with Crippen molar-refractivity contribution in [1.29, 1.82) is 0 Å². The average molecular weight is 333 g/mol. The average Bonchev–Trinajstić information content (AvgIpc) is 3.10. The van der Waals surface area contributed by atoms with E-state index >= 15 is 0 Å². The Bertz CT molecular complexity index is 772. The molecule has 0 saturated carbocycles. The van der Waals surface area contributed by atoms with Crippen molar-refractivity contribution < 1.29 is 23.1 Å². The standard InChI is InChI=1S/C16H16FN3O4/c1-9(21)20-6-12(7-20)22-8-15-18-19-16(24-15)14-5-10-4-11(17)2-3-13(10)23-14/h2-4,12,14H,5-8H2,1H3. The van der Waals surface area contributed by atoms with E-state index in [-0.39, 0.29) is 24.4 Å². The van der Waals surface area contributed by atoms with Gasteiger partial charge in [-0.15, -0.1) is 10.2 Å². The van der Waals surface area contributed by atoms with Gasteiger partial charge in [0.15, 0.2) is 6.10 Å². The Morgan fingerprint density at radius 2 is 2.25 bits per heavy atom. The number of halogens is 1. The van der Waals surface area contributed by atoms with Gasteiger partial charge in [0, 0.05) is 32.0 Å². The Balaban J connectivity index is 1.32. The van der Waals surface area contributed by atoms with Gasteiger partial charge in [-0.3, -0.25) is 4.79 Å². The molecule has 3 heterocycles. The molecule has 1 fully saturated rings. The van der Waals surface area contributed by atoms with Gasteiger partial charge in [-0.05, 0) is 18.2 Å². The molecule has 1 aromatic carbocycles. The molecule has 2 aliphatic rings. The van der Waals surface area contributed by atoms with Crippen molar-refractivity contribution >= 4 is 5.91 Å². The van der Waals surface area contributed by atoms with Crippen LogP contribution in [0, 0.1) is 5.82 Å². The number of carbonyl (C=O) groups excluding carboxylic acids is 1. The minimum Gasteiger partial charge on any atom is -0.480 e. The summed E-state index contributed by atoms with van der Waals surface area (Å²) in [5.41, 5.74) is 0.787. The highest BCUT2D eigenvalue weighted by atomic mass is 19.1. The highest BCUT2D eigenvalue weighted by Gasteiger charge is 2.31. The second kappa shape index (κ2) is 5.86. The zero-order valence-corrected chi connectivity index (χ0v) is 13.1. The maximum atomic E-state index is 13.2. The van der Waals surface area contributed by atoms with Gasteiger partial charge in [0.25, 0.3) is 5.89 Å². The van der Waals surface area contributed by atoms with Gasteiger partial charge in [-0.1, -0.05) is 0 Å². The van der Waals surface area contributed by atoms with Crippen LogP contribution in [0.2, 0.25) is 0 Å². The molecule has 0 radical (unpaired) electrons. The second-order valence-corrected chi connectivity index (χ2v) is 5.95. The van der Waals surface area contributed by atoms with Crippen LogP contribution in [0.1, 0.15) is 30.4 Å². The predicted molar refractivity (Wildman–Crippen MR) is 78.6 cm³/mol. The van der Waals surface area contributed by atoms with Crippen molar-refractivity contribution in [2.24, 2.45) is 0 Å². The van der Waals surface area contributed by atoms with Crippen molar-refractivity contribution in [2.75, 3.05) is 13.1 Å². The summed E-state index contributed by atoms with van der Waals surface area (Å²) in [6.07, 6.45) is 0.0883. The number of amides is 1. The molecule has 1 unspecified atom stereocenters. The largest absolute Gasteiger partial charge is 0.480 e. The molecule has 4 rings (SSSR count). The Morgan fingerprint density at radius 3 is 3.04 bits per heavy atom. The van der Waals surface area contributed by atoms with Gasteiger partial charge >= 0.3 is 0 Å². The summed E-state index contributed by atoms with van der Waals surface area (Å²) in [7, 11) is 0. The Hall–Kier alpha value is -2.48. The van der Waals surface area contributed by atoms with Crippen LogP contribution in [-0.4, -0.2) is 40.2 Å². The van der Waals surface area contributed by atoms with E-state index in [0.29, 0.717) is 37.0 Å². The van der Waals surface area contributed by atoms with Crippen LogP contribution >= 0.6 is 0 Å². The Morgan fingerprint density at radius 1 is 1.42 bits per heavy atom. The fourth-order valence-corrected chi connectivity index (χ4v) is 2.80. The lowest BCUT2D eigenvalue weighted by Gasteiger charge is -2.37. The first-order valence-electron chi connectivity index (χ1n) is 7.73. The number of ether oxygens (including phenoxy) is 2. The lowest BCUT2D eigenvalue weighted by atomic mass is 10.1. The van der Waals surface area contributed by atoms with Gasteiger partial charge in [0.1, 0.15) is 18.2 Å². The molecule has 7 nitrogen and oxygen atoms in total. The number of fused-ring (bicyclic) bond motifs is 1. The van der Waals surface area contributed by atoms with Crippen LogP contribution in [0.25, 0.3) is 0 Å². The molecule has 0 N–H and O–H groups in total. The summed E-state index contributed by atoms with van der Waals surface area (Å²) in [5, 5.41) is 7.94. The van der Waals surface area contributed by atoms with E-state index in [4.69, 9.17) is 13.9 Å². The third-order valence-electron chi connectivity index (χ3n) is 4.19. The first kappa shape index (κ1) is 15.1. The van der Waals surface area contributed by atoms with Crippen LogP contribution in [0.4, 0.5) is 4.39 Å². The monoisotopic (exact) mass is 333 g/mol. The molecular weight excluding hydrogens is 317 g/mol. The maximum Gasteiger partial charge on any atom is 0.257 e. The number of hydrogen-bond acceptors (Lipinski definition) is 6. The molecular formula is C16H16FN3O4. The molecule has 24 heavy (non-hydrogen) atoms. The summed E-state index contributed by atoms with van der Waals surface area (Å²) in [4.78, 5) is 12.8. The third kappa shape index (κ3) is 2.84. The molecule has 0 spiro atoms. The minimum absolute atomic E-state index is 0.000731. The first-order valence-corrected chi connectivity index (χ1v) is 7.73. The molecule has 1 amide bonds. The molecule has 1 atom stereocenters. The number of hydrogen-bond donors (Lipinski definition) is 0. The predicted octanol–water partition coefficient (Wildman–Crippen LogP) is 1.63. The van der Waals surface area contributed by atoms with Crippen molar-refractivity contribution in [3.8, 4) is 5.75 Å². The lowest BCUT2D eigenvalue weighted by Crippen LogP contribution is -2.53. The number of likely N-dealkylation sites (tertiary alicyclic amines) is 1. The lowest BCUT2D eigenvalue weighted by molar-refractivity contribution is -0.144. The zero-order valence-electron chi connectivity index (χ0n) is 13.1. The number of nitrogens with zero attached hydrogens (tertiary/aromatic N) is 3. The van der Waals surface area contributed by atoms with Crippen LogP contribution < -0.4 is 4.74 Å². The minimum atomic E-state index is -0.403. The summed E-state index contributed by atoms with van der Waals surface area (Å²) in [5.74, 6) is 1.10. The normalized spacial score (nSPS) is 19.8. The van der Waals surface area contributed by atoms with Gasteiger partial charge in [0.2, 0.25) is 11.8 Å². The molecule has 1 saturated heterocycles. The number of carbonyl (C=O) groups is 1. The summed E-state index contributed by atoms with van der Waals surface area (Å²) >= 11 is 0. The van der Waals surface area contributed by atoms with E-state index in [2.05, 4.69) is 10.2 Å². The fraction of sp³-hybridized carbons (Fsp3) is 0.438. The topological polar surface area (TPSA) is 77.7 Å². The van der Waals surface area contributed by atoms with E-state index in [9.17, 15) is 9.18 Å². The molecule has 2 aliphatic heterocycles. The molecule has 0 bridgehead atoms. The first-order chi connectivity index (χ1) is 11.6. The van der Waals surface area contributed by atoms with Crippen LogP contribution in [0.5, 0.6) is 5.75 Å². The van der Waals surface area contributed by atoms with E-state index in [0.717, 1.165) is 5.56 Å². The van der Waals surface area contributed by atoms with Crippen molar-refractivity contribution in [3.05, 3.63) is 41.4 Å². The number of rotatable bonds is 4. The second-order valence-electron chi connectivity index (χ2n) is 5.95. The maximum absolute atomic E-state index is 13.2. The Labute approximate surface area is 137 Å². The van der Waals surface area contributed by atoms with Gasteiger partial charge in [-0.2, -0.15) is 0 Å². The summed E-state index contributed by atoms with van der Waals surface area (Å²) in [6.45, 7) is 2.90. The van der Waals surface area contributed by atoms with E-state index < -0.39 is 6.10 Å².